The molecule has 1 aromatic carbocycles. The number of hydrogen-bond donors (Lipinski definition) is 2. The van der Waals surface area contributed by atoms with Gasteiger partial charge in [0.25, 0.3) is 0 Å². The van der Waals surface area contributed by atoms with Gasteiger partial charge in [-0.05, 0) is 54.9 Å². The number of hydrogen-bond acceptors (Lipinski definition) is 3. The van der Waals surface area contributed by atoms with Gasteiger partial charge in [0.15, 0.2) is 0 Å². The molecule has 1 aromatic rings. The third kappa shape index (κ3) is 2.60. The van der Waals surface area contributed by atoms with Gasteiger partial charge in [0.2, 0.25) is 10.0 Å². The van der Waals surface area contributed by atoms with Crippen molar-refractivity contribution < 1.29 is 13.5 Å². The molecule has 0 spiro atoms. The summed E-state index contributed by atoms with van der Waals surface area (Å²) in [7, 11) is -3.54. The van der Waals surface area contributed by atoms with E-state index in [1.54, 1.807) is 0 Å². The molecule has 3 atom stereocenters. The highest BCUT2D eigenvalue weighted by molar-refractivity contribution is 7.89. The Balaban J connectivity index is 1.81. The van der Waals surface area contributed by atoms with Crippen molar-refractivity contribution >= 4 is 21.6 Å². The van der Waals surface area contributed by atoms with E-state index in [-0.39, 0.29) is 17.5 Å². The molecule has 3 rings (SSSR count). The molecule has 2 fully saturated rings. The number of sulfonamides is 1. The first kappa shape index (κ1) is 14.3. The Hall–Kier alpha value is -0.620. The van der Waals surface area contributed by atoms with Gasteiger partial charge in [-0.15, -0.1) is 0 Å². The van der Waals surface area contributed by atoms with Gasteiger partial charge < -0.3 is 5.11 Å². The van der Waals surface area contributed by atoms with E-state index in [1.807, 2.05) is 0 Å². The largest absolute Gasteiger partial charge is 0.392 e. The van der Waals surface area contributed by atoms with Gasteiger partial charge in [-0.25, -0.2) is 13.1 Å². The molecule has 20 heavy (non-hydrogen) atoms. The fourth-order valence-corrected chi connectivity index (χ4v) is 5.04. The summed E-state index contributed by atoms with van der Waals surface area (Å²) in [6.07, 6.45) is 4.46. The standard InChI is InChI=1S/C14H18ClNO3S/c15-13-4-3-12(7-11(13)8-17)20(18,19)16-14-6-9-1-2-10(14)5-9/h3-4,7,9-10,14,16-17H,1-2,5-6,8H2. The van der Waals surface area contributed by atoms with Crippen LogP contribution in [0.4, 0.5) is 0 Å². The molecular formula is C14H18ClNO3S. The van der Waals surface area contributed by atoms with Crippen molar-refractivity contribution in [2.45, 2.75) is 43.2 Å². The second-order valence-electron chi connectivity index (χ2n) is 5.81. The maximum absolute atomic E-state index is 12.4. The number of fused-ring (bicyclic) bond motifs is 2. The van der Waals surface area contributed by atoms with Crippen molar-refractivity contribution in [2.75, 3.05) is 0 Å². The fraction of sp³-hybridized carbons (Fsp3) is 0.571. The molecule has 2 N–H and O–H groups in total. The lowest BCUT2D eigenvalue weighted by Gasteiger charge is -2.22. The molecule has 0 amide bonds. The Kier molecular flexibility index (Phi) is 3.79. The first-order valence-corrected chi connectivity index (χ1v) is 8.77. The Morgan fingerprint density at radius 3 is 2.70 bits per heavy atom. The summed E-state index contributed by atoms with van der Waals surface area (Å²) in [5.41, 5.74) is 0.433. The summed E-state index contributed by atoms with van der Waals surface area (Å²) in [5, 5.41) is 9.56. The Labute approximate surface area is 124 Å². The van der Waals surface area contributed by atoms with E-state index < -0.39 is 10.0 Å². The maximum atomic E-state index is 12.4. The molecule has 6 heteroatoms. The van der Waals surface area contributed by atoms with Crippen LogP contribution in [0.25, 0.3) is 0 Å². The van der Waals surface area contributed by atoms with Gasteiger partial charge in [0.1, 0.15) is 0 Å². The van der Waals surface area contributed by atoms with E-state index in [0.717, 1.165) is 19.3 Å². The molecule has 0 radical (unpaired) electrons. The maximum Gasteiger partial charge on any atom is 0.240 e. The number of benzene rings is 1. The van der Waals surface area contributed by atoms with Crippen LogP contribution in [0.3, 0.4) is 0 Å². The summed E-state index contributed by atoms with van der Waals surface area (Å²) in [6.45, 7) is -0.268. The molecule has 2 aliphatic carbocycles. The van der Waals surface area contributed by atoms with Crippen LogP contribution in [0, 0.1) is 11.8 Å². The lowest BCUT2D eigenvalue weighted by atomic mass is 9.96. The highest BCUT2D eigenvalue weighted by Crippen LogP contribution is 2.44. The molecule has 0 aliphatic heterocycles. The molecule has 3 unspecified atom stereocenters. The average Bonchev–Trinajstić information content (AvgIpc) is 3.00. The van der Waals surface area contributed by atoms with E-state index >= 15 is 0 Å². The normalized spacial score (nSPS) is 29.0. The third-order valence-corrected chi connectivity index (χ3v) is 6.40. The molecule has 4 nitrogen and oxygen atoms in total. The summed E-state index contributed by atoms with van der Waals surface area (Å²) >= 11 is 5.89. The number of rotatable bonds is 4. The minimum Gasteiger partial charge on any atom is -0.392 e. The first-order chi connectivity index (χ1) is 9.49. The number of aliphatic hydroxyl groups excluding tert-OH is 1. The highest BCUT2D eigenvalue weighted by atomic mass is 35.5. The zero-order valence-corrected chi connectivity index (χ0v) is 12.6. The fourth-order valence-electron chi connectivity index (χ4n) is 3.50. The Bertz CT molecular complexity index is 617. The number of halogens is 1. The van der Waals surface area contributed by atoms with Crippen LogP contribution in [-0.2, 0) is 16.6 Å². The van der Waals surface area contributed by atoms with Crippen molar-refractivity contribution in [3.8, 4) is 0 Å². The predicted molar refractivity (Wildman–Crippen MR) is 76.9 cm³/mol. The van der Waals surface area contributed by atoms with Crippen molar-refractivity contribution in [3.63, 3.8) is 0 Å². The summed E-state index contributed by atoms with van der Waals surface area (Å²) in [6, 6.07) is 4.50. The van der Waals surface area contributed by atoms with Crippen LogP contribution < -0.4 is 4.72 Å². The first-order valence-electron chi connectivity index (χ1n) is 6.91. The monoisotopic (exact) mass is 315 g/mol. The molecule has 0 aromatic heterocycles. The van der Waals surface area contributed by atoms with Gasteiger partial charge in [0.05, 0.1) is 11.5 Å². The third-order valence-electron chi connectivity index (χ3n) is 4.54. The minimum atomic E-state index is -3.54. The smallest absolute Gasteiger partial charge is 0.240 e. The van der Waals surface area contributed by atoms with Crippen LogP contribution in [0.15, 0.2) is 23.1 Å². The topological polar surface area (TPSA) is 66.4 Å². The number of nitrogens with one attached hydrogen (secondary N) is 1. The summed E-state index contributed by atoms with van der Waals surface area (Å²) in [4.78, 5) is 0.175. The molecule has 2 aliphatic rings. The van der Waals surface area contributed by atoms with Gasteiger partial charge in [0, 0.05) is 11.1 Å². The van der Waals surface area contributed by atoms with Crippen molar-refractivity contribution in [2.24, 2.45) is 11.8 Å². The van der Waals surface area contributed by atoms with E-state index in [1.165, 1.54) is 24.6 Å². The van der Waals surface area contributed by atoms with Gasteiger partial charge in [-0.1, -0.05) is 18.0 Å². The Morgan fingerprint density at radius 2 is 2.10 bits per heavy atom. The molecule has 2 bridgehead atoms. The van der Waals surface area contributed by atoms with E-state index in [4.69, 9.17) is 11.6 Å². The molecule has 2 saturated carbocycles. The summed E-state index contributed by atoms with van der Waals surface area (Å²) in [5.74, 6) is 1.17. The number of aliphatic hydroxyl groups is 1. The molecule has 0 heterocycles. The minimum absolute atomic E-state index is 0.0620. The van der Waals surface area contributed by atoms with Crippen molar-refractivity contribution in [3.05, 3.63) is 28.8 Å². The van der Waals surface area contributed by atoms with Crippen molar-refractivity contribution in [1.82, 2.24) is 4.72 Å². The second-order valence-corrected chi connectivity index (χ2v) is 7.94. The van der Waals surface area contributed by atoms with E-state index in [0.29, 0.717) is 22.4 Å². The van der Waals surface area contributed by atoms with Gasteiger partial charge in [-0.3, -0.25) is 0 Å². The Morgan fingerprint density at radius 1 is 1.30 bits per heavy atom. The zero-order valence-electron chi connectivity index (χ0n) is 11.0. The summed E-state index contributed by atoms with van der Waals surface area (Å²) < 4.78 is 27.6. The van der Waals surface area contributed by atoms with Crippen molar-refractivity contribution in [1.29, 1.82) is 0 Å². The lowest BCUT2D eigenvalue weighted by molar-refractivity contribution is 0.281. The zero-order chi connectivity index (χ0) is 14.3. The highest BCUT2D eigenvalue weighted by Gasteiger charge is 2.41. The van der Waals surface area contributed by atoms with Gasteiger partial charge >= 0.3 is 0 Å². The van der Waals surface area contributed by atoms with Crippen LogP contribution >= 0.6 is 11.6 Å². The quantitative estimate of drug-likeness (QED) is 0.896. The van der Waals surface area contributed by atoms with Crippen LogP contribution in [0.2, 0.25) is 5.02 Å². The lowest BCUT2D eigenvalue weighted by Crippen LogP contribution is -2.38. The van der Waals surface area contributed by atoms with Crippen LogP contribution in [-0.4, -0.2) is 19.6 Å². The average molecular weight is 316 g/mol. The van der Waals surface area contributed by atoms with E-state index in [2.05, 4.69) is 4.72 Å². The predicted octanol–water partition coefficient (Wildman–Crippen LogP) is 2.30. The van der Waals surface area contributed by atoms with E-state index in [9.17, 15) is 13.5 Å². The second kappa shape index (κ2) is 5.30. The van der Waals surface area contributed by atoms with Crippen LogP contribution in [0.1, 0.15) is 31.2 Å². The SMILES string of the molecule is O=S(=O)(NC1CC2CCC1C2)c1ccc(Cl)c(CO)c1. The van der Waals surface area contributed by atoms with Crippen LogP contribution in [0.5, 0.6) is 0 Å². The molecular weight excluding hydrogens is 298 g/mol. The molecule has 0 saturated heterocycles. The molecule has 110 valence electrons. The van der Waals surface area contributed by atoms with Gasteiger partial charge in [-0.2, -0.15) is 0 Å².